The number of benzene rings is 1. The van der Waals surface area contributed by atoms with Crippen LogP contribution >= 0.6 is 0 Å². The van der Waals surface area contributed by atoms with E-state index >= 15 is 0 Å². The second kappa shape index (κ2) is 10.8. The van der Waals surface area contributed by atoms with Crippen LogP contribution in [0, 0.1) is 10.1 Å². The number of amides is 1. The monoisotopic (exact) mass is 418 g/mol. The van der Waals surface area contributed by atoms with Crippen LogP contribution in [0.25, 0.3) is 0 Å². The molecule has 1 amide bonds. The molecule has 0 aromatic heterocycles. The van der Waals surface area contributed by atoms with Crippen molar-refractivity contribution in [3.05, 3.63) is 27.8 Å². The van der Waals surface area contributed by atoms with Gasteiger partial charge in [0.15, 0.2) is 11.5 Å². The Bertz CT molecular complexity index is 674. The molecule has 12 heteroatoms. The normalized spacial score (nSPS) is 11.2. The summed E-state index contributed by atoms with van der Waals surface area (Å²) in [5.41, 5.74) is -0.0583. The first kappa shape index (κ1) is 23.6. The van der Waals surface area contributed by atoms with Gasteiger partial charge in [0.05, 0.1) is 37.3 Å². The van der Waals surface area contributed by atoms with Crippen LogP contribution in [0.3, 0.4) is 0 Å². The summed E-state index contributed by atoms with van der Waals surface area (Å²) in [6.45, 7) is -0.0703. The Balaban J connectivity index is 3.03. The van der Waals surface area contributed by atoms with E-state index in [0.29, 0.717) is 12.5 Å². The lowest BCUT2D eigenvalue weighted by Gasteiger charge is -2.26. The van der Waals surface area contributed by atoms with Crippen LogP contribution in [0.15, 0.2) is 12.1 Å². The molecule has 0 heterocycles. The first-order valence-electron chi connectivity index (χ1n) is 8.30. The van der Waals surface area contributed by atoms with E-state index in [1.54, 1.807) is 0 Å². The van der Waals surface area contributed by atoms with E-state index in [0.717, 1.165) is 4.90 Å². The van der Waals surface area contributed by atoms with Crippen LogP contribution in [0.5, 0.6) is 11.5 Å². The third-order valence-electron chi connectivity index (χ3n) is 4.26. The van der Waals surface area contributed by atoms with E-state index < -0.39 is 19.8 Å². The Morgan fingerprint density at radius 2 is 1.64 bits per heavy atom. The lowest BCUT2D eigenvalue weighted by molar-refractivity contribution is -0.385. The molecule has 28 heavy (non-hydrogen) atoms. The predicted octanol–water partition coefficient (Wildman–Crippen LogP) is 2.36. The minimum Gasteiger partial charge on any atom is -0.493 e. The number of nitro benzene ring substituents is 1. The van der Waals surface area contributed by atoms with E-state index in [4.69, 9.17) is 22.8 Å². The van der Waals surface area contributed by atoms with Gasteiger partial charge in [-0.25, -0.2) is 4.79 Å². The topological polar surface area (TPSA) is 130 Å². The fraction of sp³-hybridized carbons (Fsp3) is 0.562. The summed E-state index contributed by atoms with van der Waals surface area (Å²) >= 11 is 0. The highest BCUT2D eigenvalue weighted by atomic mass is 28.4. The molecule has 11 nitrogen and oxygen atoms in total. The zero-order chi connectivity index (χ0) is 21.3. The zero-order valence-electron chi connectivity index (χ0n) is 16.6. The van der Waals surface area contributed by atoms with E-state index in [2.05, 4.69) is 0 Å². The molecule has 0 radical (unpaired) electrons. The van der Waals surface area contributed by atoms with Crippen LogP contribution in [0.2, 0.25) is 6.04 Å². The van der Waals surface area contributed by atoms with Crippen molar-refractivity contribution >= 4 is 20.6 Å². The predicted molar refractivity (Wildman–Crippen MR) is 101 cm³/mol. The summed E-state index contributed by atoms with van der Waals surface area (Å²) in [5.74, 6) is 0.467. The Labute approximate surface area is 164 Å². The summed E-state index contributed by atoms with van der Waals surface area (Å²) in [6, 6.07) is 3.02. The number of nitrogens with zero attached hydrogens (tertiary/aromatic N) is 2. The van der Waals surface area contributed by atoms with Crippen molar-refractivity contribution in [1.29, 1.82) is 0 Å². The van der Waals surface area contributed by atoms with Crippen molar-refractivity contribution in [2.45, 2.75) is 19.0 Å². The molecule has 0 atom stereocenters. The quantitative estimate of drug-likeness (QED) is 0.309. The first-order chi connectivity index (χ1) is 13.3. The van der Waals surface area contributed by atoms with Gasteiger partial charge in [0.25, 0.3) is 5.69 Å². The number of carbonyl (C=O) groups is 1. The highest BCUT2D eigenvalue weighted by Crippen LogP contribution is 2.35. The Morgan fingerprint density at radius 3 is 2.07 bits per heavy atom. The molecule has 1 aromatic rings. The summed E-state index contributed by atoms with van der Waals surface area (Å²) in [7, 11) is 4.35. The molecule has 0 aliphatic heterocycles. The van der Waals surface area contributed by atoms with Gasteiger partial charge in [-0.15, -0.1) is 0 Å². The van der Waals surface area contributed by atoms with Gasteiger partial charge < -0.3 is 32.8 Å². The molecule has 0 unspecified atom stereocenters. The van der Waals surface area contributed by atoms with Gasteiger partial charge in [0.2, 0.25) is 0 Å². The smallest absolute Gasteiger partial charge is 0.493 e. The van der Waals surface area contributed by atoms with Gasteiger partial charge in [-0.2, -0.15) is 0 Å². The zero-order valence-corrected chi connectivity index (χ0v) is 17.6. The van der Waals surface area contributed by atoms with Crippen molar-refractivity contribution in [2.75, 3.05) is 42.1 Å². The third-order valence-corrected chi connectivity index (χ3v) is 7.09. The van der Waals surface area contributed by atoms with E-state index in [1.807, 2.05) is 0 Å². The van der Waals surface area contributed by atoms with Crippen molar-refractivity contribution in [1.82, 2.24) is 4.90 Å². The highest BCUT2D eigenvalue weighted by Gasteiger charge is 2.37. The van der Waals surface area contributed by atoms with E-state index in [9.17, 15) is 20.0 Å². The number of rotatable bonds is 12. The largest absolute Gasteiger partial charge is 0.500 e. The molecule has 1 N–H and O–H groups in total. The molecule has 0 saturated heterocycles. The van der Waals surface area contributed by atoms with Crippen molar-refractivity contribution in [2.24, 2.45) is 0 Å². The number of nitro groups is 1. The van der Waals surface area contributed by atoms with Crippen LogP contribution in [0.1, 0.15) is 12.0 Å². The molecule has 1 rings (SSSR count). The van der Waals surface area contributed by atoms with Gasteiger partial charge in [0.1, 0.15) is 0 Å². The second-order valence-corrected chi connectivity index (χ2v) is 8.79. The fourth-order valence-electron chi connectivity index (χ4n) is 2.70. The summed E-state index contributed by atoms with van der Waals surface area (Å²) in [4.78, 5) is 23.5. The van der Waals surface area contributed by atoms with Gasteiger partial charge in [-0.1, -0.05) is 0 Å². The molecular formula is C16H26N2O9Si. The maximum atomic E-state index is 11.6. The SMILES string of the molecule is COc1cc(CN(CCC[Si](OC)(OC)OC)C(=O)O)c([N+](=O)[O-])cc1OC. The number of hydrogen-bond acceptors (Lipinski definition) is 8. The lowest BCUT2D eigenvalue weighted by atomic mass is 10.1. The third kappa shape index (κ3) is 5.79. The minimum atomic E-state index is -2.83. The van der Waals surface area contributed by atoms with Crippen LogP contribution in [0.4, 0.5) is 10.5 Å². The number of ether oxygens (including phenoxy) is 2. The second-order valence-electron chi connectivity index (χ2n) is 5.70. The number of carboxylic acid groups (broad SMARTS) is 1. The van der Waals surface area contributed by atoms with Crippen LogP contribution < -0.4 is 9.47 Å². The Kier molecular flexibility index (Phi) is 9.11. The summed E-state index contributed by atoms with van der Waals surface area (Å²) in [5, 5.41) is 20.9. The lowest BCUT2D eigenvalue weighted by Crippen LogP contribution is -2.43. The van der Waals surface area contributed by atoms with Crippen LogP contribution in [-0.4, -0.2) is 71.9 Å². The summed E-state index contributed by atoms with van der Waals surface area (Å²) in [6.07, 6.45) is -0.807. The molecule has 0 aliphatic carbocycles. The molecule has 0 spiro atoms. The summed E-state index contributed by atoms with van der Waals surface area (Å²) < 4.78 is 26.2. The van der Waals surface area contributed by atoms with Crippen molar-refractivity contribution in [3.63, 3.8) is 0 Å². The standard InChI is InChI=1S/C16H26N2O9Si/c1-23-14-9-12(13(18(21)22)10-15(14)24-2)11-17(16(19)20)7-6-8-28(25-3,26-4)27-5/h9-10H,6-8,11H2,1-5H3,(H,19,20). The average molecular weight is 418 g/mol. The molecule has 158 valence electrons. The molecule has 0 aliphatic rings. The Morgan fingerprint density at radius 1 is 1.11 bits per heavy atom. The number of hydrogen-bond donors (Lipinski definition) is 1. The van der Waals surface area contributed by atoms with Crippen LogP contribution in [-0.2, 0) is 19.8 Å². The molecule has 0 saturated carbocycles. The highest BCUT2D eigenvalue weighted by molar-refractivity contribution is 6.60. The molecular weight excluding hydrogens is 392 g/mol. The Hall–Kier alpha value is -2.41. The first-order valence-corrected chi connectivity index (χ1v) is 10.2. The average Bonchev–Trinajstić information content (AvgIpc) is 2.69. The van der Waals surface area contributed by atoms with Gasteiger partial charge in [-0.05, 0) is 12.5 Å². The molecule has 0 bridgehead atoms. The molecule has 0 fully saturated rings. The fourth-order valence-corrected chi connectivity index (χ4v) is 4.40. The maximum Gasteiger partial charge on any atom is 0.500 e. The number of methoxy groups -OCH3 is 2. The van der Waals surface area contributed by atoms with Gasteiger partial charge >= 0.3 is 14.9 Å². The van der Waals surface area contributed by atoms with Gasteiger partial charge in [0, 0.05) is 33.9 Å². The molecule has 1 aromatic carbocycles. The minimum absolute atomic E-state index is 0.117. The van der Waals surface area contributed by atoms with Crippen molar-refractivity contribution < 1.29 is 37.6 Å². The van der Waals surface area contributed by atoms with E-state index in [1.165, 1.54) is 47.7 Å². The van der Waals surface area contributed by atoms with Crippen molar-refractivity contribution in [3.8, 4) is 11.5 Å². The van der Waals surface area contributed by atoms with E-state index in [-0.39, 0.29) is 35.8 Å². The maximum absolute atomic E-state index is 11.6. The van der Waals surface area contributed by atoms with Gasteiger partial charge in [-0.3, -0.25) is 10.1 Å².